The average Bonchev–Trinajstić information content (AvgIpc) is 2.08. The summed E-state index contributed by atoms with van der Waals surface area (Å²) in [6, 6.07) is 4.63. The predicted molar refractivity (Wildman–Crippen MR) is 48.3 cm³/mol. The van der Waals surface area contributed by atoms with Crippen LogP contribution in [0.5, 0.6) is 5.75 Å². The van der Waals surface area contributed by atoms with Crippen LogP contribution in [0.4, 0.5) is 4.39 Å². The van der Waals surface area contributed by atoms with Crippen molar-refractivity contribution in [1.82, 2.24) is 0 Å². The second-order valence-electron chi connectivity index (χ2n) is 2.97. The molecule has 1 aromatic carbocycles. The first-order valence-corrected chi connectivity index (χ1v) is 4.14. The molecule has 0 aromatic heterocycles. The lowest BCUT2D eigenvalue weighted by atomic mass is 10.1. The van der Waals surface area contributed by atoms with Crippen molar-refractivity contribution in [1.29, 1.82) is 0 Å². The minimum Gasteiger partial charge on any atom is -0.496 e. The zero-order valence-electron chi connectivity index (χ0n) is 7.75. The average molecular weight is 184 g/mol. The van der Waals surface area contributed by atoms with Gasteiger partial charge in [0.1, 0.15) is 11.6 Å². The molecular weight excluding hydrogens is 171 g/mol. The number of benzene rings is 1. The Morgan fingerprint density at radius 3 is 2.77 bits per heavy atom. The maximum atomic E-state index is 13.2. The maximum Gasteiger partial charge on any atom is 0.130 e. The minimum atomic E-state index is -0.564. The van der Waals surface area contributed by atoms with E-state index in [4.69, 9.17) is 9.84 Å². The fourth-order valence-corrected chi connectivity index (χ4v) is 1.22. The molecule has 0 spiro atoms. The van der Waals surface area contributed by atoms with Crippen molar-refractivity contribution in [2.45, 2.75) is 19.4 Å². The first-order chi connectivity index (χ1) is 6.15. The van der Waals surface area contributed by atoms with Gasteiger partial charge in [-0.1, -0.05) is 6.07 Å². The van der Waals surface area contributed by atoms with Crippen LogP contribution in [0, 0.1) is 5.82 Å². The minimum absolute atomic E-state index is 0.274. The maximum absolute atomic E-state index is 13.2. The molecule has 0 amide bonds. The fraction of sp³-hybridized carbons (Fsp3) is 0.400. The van der Waals surface area contributed by atoms with Crippen LogP contribution in [0.25, 0.3) is 0 Å². The third-order valence-electron chi connectivity index (χ3n) is 1.80. The van der Waals surface area contributed by atoms with E-state index in [-0.39, 0.29) is 12.2 Å². The van der Waals surface area contributed by atoms with Crippen molar-refractivity contribution < 1.29 is 14.2 Å². The Kier molecular flexibility index (Phi) is 3.25. The van der Waals surface area contributed by atoms with Crippen LogP contribution in [0.3, 0.4) is 0 Å². The van der Waals surface area contributed by atoms with E-state index in [1.807, 2.05) is 0 Å². The Bertz CT molecular complexity index is 284. The monoisotopic (exact) mass is 184 g/mol. The molecule has 72 valence electrons. The van der Waals surface area contributed by atoms with Gasteiger partial charge >= 0.3 is 0 Å². The van der Waals surface area contributed by atoms with Gasteiger partial charge in [0.2, 0.25) is 0 Å². The summed E-state index contributed by atoms with van der Waals surface area (Å²) in [7, 11) is 1.49. The molecule has 2 nitrogen and oxygen atoms in total. The highest BCUT2D eigenvalue weighted by molar-refractivity contribution is 5.34. The van der Waals surface area contributed by atoms with Crippen LogP contribution < -0.4 is 4.74 Å². The van der Waals surface area contributed by atoms with E-state index in [0.717, 1.165) is 0 Å². The van der Waals surface area contributed by atoms with Crippen molar-refractivity contribution in [3.8, 4) is 5.75 Å². The SMILES string of the molecule is COc1cccc(F)c1C[C@H](C)O. The van der Waals surface area contributed by atoms with Crippen molar-refractivity contribution >= 4 is 0 Å². The lowest BCUT2D eigenvalue weighted by Gasteiger charge is -2.10. The fourth-order valence-electron chi connectivity index (χ4n) is 1.22. The second-order valence-corrected chi connectivity index (χ2v) is 2.97. The standard InChI is InChI=1S/C10H13FO2/c1-7(12)6-8-9(11)4-3-5-10(8)13-2/h3-5,7,12H,6H2,1-2H3/t7-/m0/s1. The molecule has 1 aromatic rings. The molecule has 0 aliphatic carbocycles. The van der Waals surface area contributed by atoms with Crippen LogP contribution in [0.15, 0.2) is 18.2 Å². The van der Waals surface area contributed by atoms with Crippen molar-refractivity contribution in [2.75, 3.05) is 7.11 Å². The molecule has 3 heteroatoms. The smallest absolute Gasteiger partial charge is 0.130 e. The third-order valence-corrected chi connectivity index (χ3v) is 1.80. The molecule has 1 atom stereocenters. The molecule has 0 radical (unpaired) electrons. The van der Waals surface area contributed by atoms with Crippen LogP contribution in [0.2, 0.25) is 0 Å². The second kappa shape index (κ2) is 4.23. The molecule has 13 heavy (non-hydrogen) atoms. The number of hydrogen-bond acceptors (Lipinski definition) is 2. The molecule has 0 bridgehead atoms. The lowest BCUT2D eigenvalue weighted by molar-refractivity contribution is 0.192. The Balaban J connectivity index is 3.00. The van der Waals surface area contributed by atoms with Gasteiger partial charge < -0.3 is 9.84 Å². The molecule has 0 aliphatic heterocycles. The Hall–Kier alpha value is -1.09. The highest BCUT2D eigenvalue weighted by atomic mass is 19.1. The summed E-state index contributed by atoms with van der Waals surface area (Å²) >= 11 is 0. The van der Waals surface area contributed by atoms with E-state index >= 15 is 0 Å². The van der Waals surface area contributed by atoms with E-state index in [2.05, 4.69) is 0 Å². The highest BCUT2D eigenvalue weighted by Crippen LogP contribution is 2.22. The molecule has 0 saturated heterocycles. The van der Waals surface area contributed by atoms with E-state index in [9.17, 15) is 4.39 Å². The summed E-state index contributed by atoms with van der Waals surface area (Å²) < 4.78 is 18.2. The lowest BCUT2D eigenvalue weighted by Crippen LogP contribution is -2.07. The molecule has 0 aliphatic rings. The summed E-state index contributed by atoms with van der Waals surface area (Å²) in [5.74, 6) is 0.154. The zero-order valence-corrected chi connectivity index (χ0v) is 7.75. The van der Waals surface area contributed by atoms with Gasteiger partial charge in [-0.3, -0.25) is 0 Å². The molecule has 0 heterocycles. The molecule has 1 rings (SSSR count). The Morgan fingerprint density at radius 1 is 1.54 bits per heavy atom. The van der Waals surface area contributed by atoms with Gasteiger partial charge in [0, 0.05) is 12.0 Å². The zero-order chi connectivity index (χ0) is 9.84. The van der Waals surface area contributed by atoms with E-state index in [1.54, 1.807) is 19.1 Å². The largest absolute Gasteiger partial charge is 0.496 e. The van der Waals surface area contributed by atoms with Crippen LogP contribution >= 0.6 is 0 Å². The number of hydrogen-bond donors (Lipinski definition) is 1. The first kappa shape index (κ1) is 9.99. The molecule has 1 N–H and O–H groups in total. The number of aliphatic hydroxyl groups is 1. The van der Waals surface area contributed by atoms with Gasteiger partial charge in [-0.25, -0.2) is 4.39 Å². The Labute approximate surface area is 77.0 Å². The molecular formula is C10H13FO2. The molecule has 0 saturated carbocycles. The van der Waals surface area contributed by atoms with Gasteiger partial charge in [-0.15, -0.1) is 0 Å². The number of rotatable bonds is 3. The summed E-state index contributed by atoms with van der Waals surface area (Å²) in [5, 5.41) is 9.13. The summed E-state index contributed by atoms with van der Waals surface area (Å²) in [4.78, 5) is 0. The number of halogens is 1. The van der Waals surface area contributed by atoms with Crippen LogP contribution in [0.1, 0.15) is 12.5 Å². The van der Waals surface area contributed by atoms with E-state index < -0.39 is 6.10 Å². The van der Waals surface area contributed by atoms with Gasteiger partial charge in [0.25, 0.3) is 0 Å². The predicted octanol–water partition coefficient (Wildman–Crippen LogP) is 1.76. The molecule has 0 unspecified atom stereocenters. The third kappa shape index (κ3) is 2.42. The van der Waals surface area contributed by atoms with E-state index in [1.165, 1.54) is 13.2 Å². The first-order valence-electron chi connectivity index (χ1n) is 4.14. The van der Waals surface area contributed by atoms with Crippen LogP contribution in [-0.2, 0) is 6.42 Å². The van der Waals surface area contributed by atoms with Crippen molar-refractivity contribution in [2.24, 2.45) is 0 Å². The normalized spacial score (nSPS) is 12.6. The van der Waals surface area contributed by atoms with Crippen molar-refractivity contribution in [3.63, 3.8) is 0 Å². The summed E-state index contributed by atoms with van der Waals surface area (Å²) in [5.41, 5.74) is 0.431. The molecule has 0 fully saturated rings. The topological polar surface area (TPSA) is 29.5 Å². The summed E-state index contributed by atoms with van der Waals surface area (Å²) in [6.45, 7) is 1.62. The van der Waals surface area contributed by atoms with Gasteiger partial charge in [0.05, 0.1) is 13.2 Å². The summed E-state index contributed by atoms with van der Waals surface area (Å²) in [6.07, 6.45) is -0.290. The number of methoxy groups -OCH3 is 1. The van der Waals surface area contributed by atoms with Gasteiger partial charge in [-0.05, 0) is 19.1 Å². The number of ether oxygens (including phenoxy) is 1. The Morgan fingerprint density at radius 2 is 2.23 bits per heavy atom. The van der Waals surface area contributed by atoms with Crippen LogP contribution in [-0.4, -0.2) is 18.3 Å². The van der Waals surface area contributed by atoms with Gasteiger partial charge in [-0.2, -0.15) is 0 Å². The van der Waals surface area contributed by atoms with Gasteiger partial charge in [0.15, 0.2) is 0 Å². The van der Waals surface area contributed by atoms with Crippen molar-refractivity contribution in [3.05, 3.63) is 29.6 Å². The van der Waals surface area contributed by atoms with E-state index in [0.29, 0.717) is 11.3 Å². The number of aliphatic hydroxyl groups excluding tert-OH is 1. The quantitative estimate of drug-likeness (QED) is 0.775. The highest BCUT2D eigenvalue weighted by Gasteiger charge is 2.10.